The monoisotopic (exact) mass is 377 g/mol. The first-order valence-corrected chi connectivity index (χ1v) is 9.73. The zero-order valence-corrected chi connectivity index (χ0v) is 15.7. The standard InChI is InChI=1S/C21H19N3O2S/c1-15-11-24(20(25)12-23(15)21(26)18-13-27-14-22-18)19-10-6-5-9-17(19)16-7-3-2-4-8-16/h2-10,13-15H,11-12H2,1H3/t15-/m0/s1. The zero-order valence-electron chi connectivity index (χ0n) is 14.9. The van der Waals surface area contributed by atoms with Crippen LogP contribution in [0.4, 0.5) is 5.69 Å². The summed E-state index contributed by atoms with van der Waals surface area (Å²) in [7, 11) is 0. The molecule has 0 N–H and O–H groups in total. The third kappa shape index (κ3) is 3.36. The fraction of sp³-hybridized carbons (Fsp3) is 0.190. The van der Waals surface area contributed by atoms with Crippen LogP contribution in [0.15, 0.2) is 65.5 Å². The van der Waals surface area contributed by atoms with E-state index in [-0.39, 0.29) is 24.4 Å². The summed E-state index contributed by atoms with van der Waals surface area (Å²) >= 11 is 1.38. The Labute approximate surface area is 161 Å². The van der Waals surface area contributed by atoms with E-state index < -0.39 is 0 Å². The lowest BCUT2D eigenvalue weighted by Gasteiger charge is -2.39. The molecule has 2 heterocycles. The van der Waals surface area contributed by atoms with Crippen molar-refractivity contribution in [2.24, 2.45) is 0 Å². The number of benzene rings is 2. The van der Waals surface area contributed by atoms with Crippen LogP contribution in [0, 0.1) is 0 Å². The number of para-hydroxylation sites is 1. The zero-order chi connectivity index (χ0) is 18.8. The van der Waals surface area contributed by atoms with E-state index in [0.29, 0.717) is 12.2 Å². The van der Waals surface area contributed by atoms with Crippen molar-refractivity contribution in [3.05, 3.63) is 71.2 Å². The van der Waals surface area contributed by atoms with Gasteiger partial charge in [0.2, 0.25) is 5.91 Å². The molecule has 5 nitrogen and oxygen atoms in total. The number of piperazine rings is 1. The fourth-order valence-corrected chi connectivity index (χ4v) is 3.92. The molecule has 3 aromatic rings. The van der Waals surface area contributed by atoms with Crippen LogP contribution >= 0.6 is 11.3 Å². The van der Waals surface area contributed by atoms with Crippen molar-refractivity contribution in [2.75, 3.05) is 18.0 Å². The summed E-state index contributed by atoms with van der Waals surface area (Å²) in [5.41, 5.74) is 4.98. The maximum atomic E-state index is 12.9. The maximum Gasteiger partial charge on any atom is 0.274 e. The second kappa shape index (κ2) is 7.32. The Kier molecular flexibility index (Phi) is 4.73. The highest BCUT2D eigenvalue weighted by Crippen LogP contribution is 2.32. The molecule has 2 amide bonds. The number of carbonyl (C=O) groups is 2. The van der Waals surface area contributed by atoms with E-state index in [1.807, 2.05) is 61.5 Å². The van der Waals surface area contributed by atoms with Gasteiger partial charge in [0, 0.05) is 23.5 Å². The first-order chi connectivity index (χ1) is 13.1. The summed E-state index contributed by atoms with van der Waals surface area (Å²) in [6.45, 7) is 2.48. The van der Waals surface area contributed by atoms with E-state index in [4.69, 9.17) is 0 Å². The van der Waals surface area contributed by atoms with Gasteiger partial charge in [0.1, 0.15) is 12.2 Å². The van der Waals surface area contributed by atoms with Crippen molar-refractivity contribution in [3.8, 4) is 11.1 Å². The first kappa shape index (κ1) is 17.4. The second-order valence-corrected chi connectivity index (χ2v) is 7.26. The molecule has 1 aliphatic heterocycles. The summed E-state index contributed by atoms with van der Waals surface area (Å²) < 4.78 is 0. The Bertz CT molecular complexity index is 957. The SMILES string of the molecule is C[C@H]1CN(c2ccccc2-c2ccccc2)C(=O)CN1C(=O)c1cscn1. The van der Waals surface area contributed by atoms with E-state index >= 15 is 0 Å². The van der Waals surface area contributed by atoms with Gasteiger partial charge < -0.3 is 9.80 Å². The number of nitrogens with zero attached hydrogens (tertiary/aromatic N) is 3. The molecule has 6 heteroatoms. The lowest BCUT2D eigenvalue weighted by molar-refractivity contribution is -0.121. The molecule has 136 valence electrons. The number of anilines is 1. The van der Waals surface area contributed by atoms with Crippen LogP contribution in [0.3, 0.4) is 0 Å². The molecule has 1 aliphatic rings. The molecule has 0 bridgehead atoms. The van der Waals surface area contributed by atoms with Gasteiger partial charge >= 0.3 is 0 Å². The summed E-state index contributed by atoms with van der Waals surface area (Å²) in [6.07, 6.45) is 0. The normalized spacial score (nSPS) is 17.2. The van der Waals surface area contributed by atoms with E-state index in [9.17, 15) is 9.59 Å². The van der Waals surface area contributed by atoms with Crippen LogP contribution in [0.2, 0.25) is 0 Å². The number of carbonyl (C=O) groups excluding carboxylic acids is 2. The number of amides is 2. The van der Waals surface area contributed by atoms with Crippen LogP contribution in [0.1, 0.15) is 17.4 Å². The van der Waals surface area contributed by atoms with Gasteiger partial charge in [-0.15, -0.1) is 11.3 Å². The van der Waals surface area contributed by atoms with Crippen molar-refractivity contribution in [2.45, 2.75) is 13.0 Å². The number of thiazole rings is 1. The molecule has 1 saturated heterocycles. The number of hydrogen-bond donors (Lipinski definition) is 0. The van der Waals surface area contributed by atoms with Gasteiger partial charge in [-0.05, 0) is 18.6 Å². The Morgan fingerprint density at radius 3 is 2.59 bits per heavy atom. The van der Waals surface area contributed by atoms with Crippen LogP contribution in [-0.4, -0.2) is 40.8 Å². The summed E-state index contributed by atoms with van der Waals surface area (Å²) in [4.78, 5) is 33.1. The smallest absolute Gasteiger partial charge is 0.274 e. The van der Waals surface area contributed by atoms with Gasteiger partial charge in [0.25, 0.3) is 5.91 Å². The van der Waals surface area contributed by atoms with Crippen LogP contribution < -0.4 is 4.90 Å². The van der Waals surface area contributed by atoms with Gasteiger partial charge in [0.15, 0.2) is 0 Å². The molecule has 0 radical (unpaired) electrons. The molecule has 2 aromatic carbocycles. The van der Waals surface area contributed by atoms with Crippen LogP contribution in [0.5, 0.6) is 0 Å². The predicted octanol–water partition coefficient (Wildman–Crippen LogP) is 3.69. The van der Waals surface area contributed by atoms with Gasteiger partial charge in [-0.25, -0.2) is 4.98 Å². The van der Waals surface area contributed by atoms with Crippen LogP contribution in [0.25, 0.3) is 11.1 Å². The molecule has 0 unspecified atom stereocenters. The fourth-order valence-electron chi connectivity index (χ4n) is 3.39. The number of hydrogen-bond acceptors (Lipinski definition) is 4. The molecular weight excluding hydrogens is 358 g/mol. The topological polar surface area (TPSA) is 53.5 Å². The lowest BCUT2D eigenvalue weighted by atomic mass is 10.0. The molecule has 1 atom stereocenters. The van der Waals surface area contributed by atoms with E-state index in [0.717, 1.165) is 16.8 Å². The van der Waals surface area contributed by atoms with Crippen molar-refractivity contribution < 1.29 is 9.59 Å². The molecular formula is C21H19N3O2S. The molecule has 0 spiro atoms. The highest BCUT2D eigenvalue weighted by molar-refractivity contribution is 7.07. The Morgan fingerprint density at radius 1 is 1.11 bits per heavy atom. The molecule has 0 saturated carbocycles. The summed E-state index contributed by atoms with van der Waals surface area (Å²) in [5, 5.41) is 1.72. The van der Waals surface area contributed by atoms with Gasteiger partial charge in [-0.2, -0.15) is 0 Å². The second-order valence-electron chi connectivity index (χ2n) is 6.54. The quantitative estimate of drug-likeness (QED) is 0.700. The van der Waals surface area contributed by atoms with Crippen LogP contribution in [-0.2, 0) is 4.79 Å². The number of rotatable bonds is 3. The van der Waals surface area contributed by atoms with Crippen molar-refractivity contribution in [1.82, 2.24) is 9.88 Å². The molecule has 0 aliphatic carbocycles. The molecule has 1 fully saturated rings. The Hall–Kier alpha value is -2.99. The molecule has 1 aromatic heterocycles. The lowest BCUT2D eigenvalue weighted by Crippen LogP contribution is -2.57. The predicted molar refractivity (Wildman–Crippen MR) is 107 cm³/mol. The third-order valence-corrected chi connectivity index (χ3v) is 5.36. The first-order valence-electron chi connectivity index (χ1n) is 8.79. The van der Waals surface area contributed by atoms with Crippen molar-refractivity contribution >= 4 is 28.8 Å². The largest absolute Gasteiger partial charge is 0.323 e. The minimum atomic E-state index is -0.187. The number of aromatic nitrogens is 1. The van der Waals surface area contributed by atoms with E-state index in [1.54, 1.807) is 20.7 Å². The average Bonchev–Trinajstić information content (AvgIpc) is 3.24. The Balaban J connectivity index is 1.62. The summed E-state index contributed by atoms with van der Waals surface area (Å²) in [5.74, 6) is -0.270. The van der Waals surface area contributed by atoms with Crippen molar-refractivity contribution in [3.63, 3.8) is 0 Å². The highest BCUT2D eigenvalue weighted by atomic mass is 32.1. The average molecular weight is 377 g/mol. The van der Waals surface area contributed by atoms with Gasteiger partial charge in [-0.1, -0.05) is 48.5 Å². The minimum Gasteiger partial charge on any atom is -0.323 e. The maximum absolute atomic E-state index is 12.9. The van der Waals surface area contributed by atoms with Gasteiger partial charge in [0.05, 0.1) is 11.2 Å². The minimum absolute atomic E-state index is 0.0562. The molecule has 4 rings (SSSR count). The van der Waals surface area contributed by atoms with Crippen molar-refractivity contribution in [1.29, 1.82) is 0 Å². The van der Waals surface area contributed by atoms with E-state index in [2.05, 4.69) is 4.98 Å². The third-order valence-electron chi connectivity index (χ3n) is 4.78. The molecule has 27 heavy (non-hydrogen) atoms. The highest BCUT2D eigenvalue weighted by Gasteiger charge is 2.35. The summed E-state index contributed by atoms with van der Waals surface area (Å²) in [6, 6.07) is 17.8. The van der Waals surface area contributed by atoms with E-state index in [1.165, 1.54) is 11.3 Å². The Morgan fingerprint density at radius 2 is 1.85 bits per heavy atom. The van der Waals surface area contributed by atoms with Gasteiger partial charge in [-0.3, -0.25) is 9.59 Å².